The summed E-state index contributed by atoms with van der Waals surface area (Å²) >= 11 is 0. The fraction of sp³-hybridized carbons (Fsp3) is 0.526. The fourth-order valence-electron chi connectivity index (χ4n) is 2.33. The topological polar surface area (TPSA) is 110 Å². The van der Waals surface area contributed by atoms with Gasteiger partial charge in [-0.3, -0.25) is 9.59 Å². The molecule has 1 unspecified atom stereocenters. The third-order valence-corrected chi connectivity index (χ3v) is 3.49. The molecule has 0 aliphatic rings. The average molecular weight is 379 g/mol. The monoisotopic (exact) mass is 379 g/mol. The van der Waals surface area contributed by atoms with Crippen LogP contribution in [0.25, 0.3) is 6.08 Å². The summed E-state index contributed by atoms with van der Waals surface area (Å²) in [6.45, 7) is 6.62. The van der Waals surface area contributed by atoms with Crippen molar-refractivity contribution in [1.82, 2.24) is 16.0 Å². The number of carbonyl (C=O) groups excluding carboxylic acids is 3. The molecule has 1 rings (SSSR count). The smallest absolute Gasteiger partial charge is 0.407 e. The third kappa shape index (κ3) is 10.7. The molecule has 0 aromatic carbocycles. The Morgan fingerprint density at radius 2 is 2.04 bits per heavy atom. The number of ether oxygens (including phenoxy) is 1. The van der Waals surface area contributed by atoms with Crippen LogP contribution in [0.4, 0.5) is 4.79 Å². The maximum atomic E-state index is 11.9. The Balaban J connectivity index is 2.28. The molecule has 0 fully saturated rings. The van der Waals surface area contributed by atoms with Crippen molar-refractivity contribution in [3.63, 3.8) is 0 Å². The summed E-state index contributed by atoms with van der Waals surface area (Å²) in [5.74, 6) is 0.424. The van der Waals surface area contributed by atoms with Gasteiger partial charge >= 0.3 is 6.09 Å². The minimum Gasteiger partial charge on any atom is -0.465 e. The van der Waals surface area contributed by atoms with Crippen LogP contribution in [0, 0.1) is 5.92 Å². The minimum atomic E-state index is -0.493. The van der Waals surface area contributed by atoms with Crippen molar-refractivity contribution < 1.29 is 23.5 Å². The van der Waals surface area contributed by atoms with E-state index < -0.39 is 6.09 Å². The Hall–Kier alpha value is -2.77. The molecule has 0 spiro atoms. The lowest BCUT2D eigenvalue weighted by atomic mass is 10.0. The van der Waals surface area contributed by atoms with Crippen molar-refractivity contribution in [3.05, 3.63) is 30.2 Å². The predicted octanol–water partition coefficient (Wildman–Crippen LogP) is 2.08. The largest absolute Gasteiger partial charge is 0.465 e. The molecule has 1 aromatic heterocycles. The number of hydrogen-bond donors (Lipinski definition) is 3. The quantitative estimate of drug-likeness (QED) is 0.510. The van der Waals surface area contributed by atoms with Crippen LogP contribution in [0.3, 0.4) is 0 Å². The summed E-state index contributed by atoms with van der Waals surface area (Å²) in [6.07, 6.45) is 4.78. The van der Waals surface area contributed by atoms with E-state index >= 15 is 0 Å². The number of hydrogen-bond acceptors (Lipinski definition) is 5. The van der Waals surface area contributed by atoms with E-state index in [1.807, 2.05) is 13.8 Å². The molecule has 27 heavy (non-hydrogen) atoms. The second-order valence-corrected chi connectivity index (χ2v) is 6.39. The molecule has 8 nitrogen and oxygen atoms in total. The molecule has 0 radical (unpaired) electrons. The first-order chi connectivity index (χ1) is 12.9. The Morgan fingerprint density at radius 3 is 2.67 bits per heavy atom. The zero-order chi connectivity index (χ0) is 20.1. The van der Waals surface area contributed by atoms with Crippen molar-refractivity contribution >= 4 is 24.0 Å². The van der Waals surface area contributed by atoms with Crippen LogP contribution in [0.2, 0.25) is 0 Å². The van der Waals surface area contributed by atoms with Crippen LogP contribution in [-0.4, -0.2) is 43.6 Å². The van der Waals surface area contributed by atoms with Crippen LogP contribution in [0.15, 0.2) is 28.9 Å². The van der Waals surface area contributed by atoms with Gasteiger partial charge in [-0.2, -0.15) is 0 Å². The van der Waals surface area contributed by atoms with Gasteiger partial charge in [0.05, 0.1) is 12.9 Å². The Kier molecular flexibility index (Phi) is 10.4. The number of carbonyl (C=O) groups is 3. The van der Waals surface area contributed by atoms with Gasteiger partial charge in [-0.05, 0) is 37.5 Å². The highest BCUT2D eigenvalue weighted by atomic mass is 16.5. The normalized spacial score (nSPS) is 12.0. The fourth-order valence-corrected chi connectivity index (χ4v) is 2.33. The van der Waals surface area contributed by atoms with Gasteiger partial charge in [-0.25, -0.2) is 4.79 Å². The molecule has 8 heteroatoms. The zero-order valence-corrected chi connectivity index (χ0v) is 16.1. The van der Waals surface area contributed by atoms with Crippen molar-refractivity contribution in [3.8, 4) is 0 Å². The standard InChI is InChI=1S/C19H29N3O5/c1-4-26-19(25)22-15(12-14(2)3)13-21-18(24)9-10-20-17(23)8-7-16-6-5-11-27-16/h5-8,11,14-15H,4,9-10,12-13H2,1-3H3,(H,20,23)(H,21,24)(H,22,25)/b8-7+. The van der Waals surface area contributed by atoms with E-state index in [-0.39, 0.29) is 30.8 Å². The van der Waals surface area contributed by atoms with Crippen LogP contribution < -0.4 is 16.0 Å². The van der Waals surface area contributed by atoms with E-state index in [9.17, 15) is 14.4 Å². The van der Waals surface area contributed by atoms with E-state index in [1.165, 1.54) is 12.3 Å². The lowest BCUT2D eigenvalue weighted by molar-refractivity contribution is -0.121. The van der Waals surface area contributed by atoms with Gasteiger partial charge in [0, 0.05) is 31.6 Å². The maximum absolute atomic E-state index is 11.9. The highest BCUT2D eigenvalue weighted by molar-refractivity contribution is 5.91. The van der Waals surface area contributed by atoms with Crippen LogP contribution in [0.1, 0.15) is 39.4 Å². The van der Waals surface area contributed by atoms with Gasteiger partial charge in [0.25, 0.3) is 0 Å². The first-order valence-corrected chi connectivity index (χ1v) is 9.10. The summed E-state index contributed by atoms with van der Waals surface area (Å²) in [4.78, 5) is 35.2. The number of amides is 3. The Morgan fingerprint density at radius 1 is 1.26 bits per heavy atom. The SMILES string of the molecule is CCOC(=O)NC(CNC(=O)CCNC(=O)/C=C/c1ccco1)CC(C)C. The second-order valence-electron chi connectivity index (χ2n) is 6.39. The lowest BCUT2D eigenvalue weighted by Gasteiger charge is -2.20. The Labute approximate surface area is 159 Å². The van der Waals surface area contributed by atoms with Gasteiger partial charge in [0.1, 0.15) is 5.76 Å². The third-order valence-electron chi connectivity index (χ3n) is 3.49. The summed E-state index contributed by atoms with van der Waals surface area (Å²) in [5.41, 5.74) is 0. The molecule has 3 N–H and O–H groups in total. The van der Waals surface area contributed by atoms with Crippen molar-refractivity contribution in [2.45, 2.75) is 39.7 Å². The number of rotatable bonds is 11. The average Bonchev–Trinajstić information content (AvgIpc) is 3.11. The highest BCUT2D eigenvalue weighted by Gasteiger charge is 2.15. The first-order valence-electron chi connectivity index (χ1n) is 9.10. The minimum absolute atomic E-state index is 0.147. The summed E-state index contributed by atoms with van der Waals surface area (Å²) in [7, 11) is 0. The molecule has 1 heterocycles. The van der Waals surface area contributed by atoms with E-state index in [4.69, 9.17) is 9.15 Å². The van der Waals surface area contributed by atoms with Gasteiger partial charge in [-0.15, -0.1) is 0 Å². The van der Waals surface area contributed by atoms with E-state index in [2.05, 4.69) is 16.0 Å². The van der Waals surface area contributed by atoms with E-state index in [0.717, 1.165) is 0 Å². The number of furan rings is 1. The zero-order valence-electron chi connectivity index (χ0n) is 16.1. The first kappa shape index (κ1) is 22.3. The van der Waals surface area contributed by atoms with Crippen molar-refractivity contribution in [2.75, 3.05) is 19.7 Å². The number of nitrogens with one attached hydrogen (secondary N) is 3. The van der Waals surface area contributed by atoms with Crippen LogP contribution >= 0.6 is 0 Å². The molecule has 0 aliphatic heterocycles. The summed E-state index contributed by atoms with van der Waals surface area (Å²) in [5, 5.41) is 8.14. The lowest BCUT2D eigenvalue weighted by Crippen LogP contribution is -2.45. The molecule has 150 valence electrons. The highest BCUT2D eigenvalue weighted by Crippen LogP contribution is 2.04. The molecule has 0 aliphatic carbocycles. The molecule has 3 amide bonds. The molecular formula is C19H29N3O5. The van der Waals surface area contributed by atoms with Crippen LogP contribution in [0.5, 0.6) is 0 Å². The Bertz CT molecular complexity index is 611. The van der Waals surface area contributed by atoms with Gasteiger partial charge < -0.3 is 25.1 Å². The van der Waals surface area contributed by atoms with Crippen molar-refractivity contribution in [2.24, 2.45) is 5.92 Å². The van der Waals surface area contributed by atoms with Gasteiger partial charge in [0.15, 0.2) is 0 Å². The van der Waals surface area contributed by atoms with Gasteiger partial charge in [0.2, 0.25) is 11.8 Å². The molecular weight excluding hydrogens is 350 g/mol. The molecule has 0 bridgehead atoms. The second kappa shape index (κ2) is 12.6. The molecule has 0 saturated carbocycles. The van der Waals surface area contributed by atoms with Gasteiger partial charge in [-0.1, -0.05) is 13.8 Å². The molecule has 0 saturated heterocycles. The summed E-state index contributed by atoms with van der Waals surface area (Å²) in [6, 6.07) is 3.25. The predicted molar refractivity (Wildman–Crippen MR) is 102 cm³/mol. The van der Waals surface area contributed by atoms with Crippen molar-refractivity contribution in [1.29, 1.82) is 0 Å². The molecule has 1 atom stereocenters. The molecule has 1 aromatic rings. The van der Waals surface area contributed by atoms with Crippen LogP contribution in [-0.2, 0) is 14.3 Å². The maximum Gasteiger partial charge on any atom is 0.407 e. The summed E-state index contributed by atoms with van der Waals surface area (Å²) < 4.78 is 9.96. The van der Waals surface area contributed by atoms with E-state index in [1.54, 1.807) is 25.1 Å². The number of alkyl carbamates (subject to hydrolysis) is 1. The van der Waals surface area contributed by atoms with E-state index in [0.29, 0.717) is 31.3 Å².